The molecule has 0 spiro atoms. The van der Waals surface area contributed by atoms with Gasteiger partial charge in [0.05, 0.1) is 33.3 Å². The molecule has 2 fully saturated rings. The van der Waals surface area contributed by atoms with Crippen LogP contribution in [0.25, 0.3) is 0 Å². The minimum absolute atomic E-state index is 0.0467. The van der Waals surface area contributed by atoms with Gasteiger partial charge in [0.2, 0.25) is 0 Å². The summed E-state index contributed by atoms with van der Waals surface area (Å²) in [5.41, 5.74) is 1.21. The van der Waals surface area contributed by atoms with Gasteiger partial charge >= 0.3 is 0 Å². The lowest BCUT2D eigenvalue weighted by molar-refractivity contribution is -0.915. The summed E-state index contributed by atoms with van der Waals surface area (Å²) < 4.78 is 5.34. The van der Waals surface area contributed by atoms with Crippen molar-refractivity contribution in [2.24, 2.45) is 0 Å². The smallest absolute Gasteiger partial charge is 0.281 e. The molecule has 0 unspecified atom stereocenters. The van der Waals surface area contributed by atoms with Crippen LogP contribution >= 0.6 is 0 Å². The standard InChI is InChI=1S/C21H33N3O2/c1-16-7-5-8-17(2)24(16)21(25)18(3)22-11-13-23(14-12-22)19-9-6-10-20(15-19)26-4/h6,9-10,15-18H,5,7-8,11-14H2,1-4H3/p+1/t16-,17-,18+/m0/s1. The van der Waals surface area contributed by atoms with Crippen molar-refractivity contribution < 1.29 is 14.4 Å². The van der Waals surface area contributed by atoms with E-state index in [1.165, 1.54) is 17.0 Å². The molecule has 0 radical (unpaired) electrons. The zero-order chi connectivity index (χ0) is 18.7. The molecule has 2 saturated heterocycles. The van der Waals surface area contributed by atoms with Crippen LogP contribution in [0.4, 0.5) is 5.69 Å². The second kappa shape index (κ2) is 8.30. The van der Waals surface area contributed by atoms with E-state index in [0.29, 0.717) is 18.0 Å². The van der Waals surface area contributed by atoms with E-state index in [4.69, 9.17) is 4.74 Å². The molecule has 3 atom stereocenters. The summed E-state index contributed by atoms with van der Waals surface area (Å²) in [6, 6.07) is 9.06. The summed E-state index contributed by atoms with van der Waals surface area (Å²) in [6.07, 6.45) is 3.52. The Kier molecular flexibility index (Phi) is 6.07. The molecule has 2 aliphatic rings. The van der Waals surface area contributed by atoms with Crippen LogP contribution in [0.3, 0.4) is 0 Å². The highest BCUT2D eigenvalue weighted by atomic mass is 16.5. The van der Waals surface area contributed by atoms with Crippen molar-refractivity contribution in [2.75, 3.05) is 38.2 Å². The van der Waals surface area contributed by atoms with E-state index in [1.54, 1.807) is 7.11 Å². The molecule has 5 nitrogen and oxygen atoms in total. The molecule has 1 aromatic rings. The van der Waals surface area contributed by atoms with Gasteiger partial charge in [-0.1, -0.05) is 6.07 Å². The minimum Gasteiger partial charge on any atom is -0.497 e. The molecule has 2 aliphatic heterocycles. The predicted molar refractivity (Wildman–Crippen MR) is 105 cm³/mol. The van der Waals surface area contributed by atoms with E-state index >= 15 is 0 Å². The van der Waals surface area contributed by atoms with E-state index in [9.17, 15) is 4.79 Å². The van der Waals surface area contributed by atoms with Crippen LogP contribution in [0, 0.1) is 0 Å². The number of likely N-dealkylation sites (tertiary alicyclic amines) is 1. The molecule has 3 rings (SSSR count). The summed E-state index contributed by atoms with van der Waals surface area (Å²) in [7, 11) is 1.71. The average Bonchev–Trinajstić information content (AvgIpc) is 2.67. The van der Waals surface area contributed by atoms with Gasteiger partial charge in [0, 0.05) is 23.8 Å². The van der Waals surface area contributed by atoms with Crippen LogP contribution in [0.15, 0.2) is 24.3 Å². The second-order valence-electron chi connectivity index (χ2n) is 7.94. The first-order valence-electron chi connectivity index (χ1n) is 10.1. The lowest BCUT2D eigenvalue weighted by Gasteiger charge is -2.42. The van der Waals surface area contributed by atoms with Gasteiger partial charge in [0.25, 0.3) is 5.91 Å². The zero-order valence-corrected chi connectivity index (χ0v) is 16.7. The Bertz CT molecular complexity index is 603. The molecule has 0 saturated carbocycles. The van der Waals surface area contributed by atoms with Crippen LogP contribution in [0.1, 0.15) is 40.0 Å². The fourth-order valence-corrected chi connectivity index (χ4v) is 4.55. The molecule has 5 heteroatoms. The highest BCUT2D eigenvalue weighted by Gasteiger charge is 2.37. The SMILES string of the molecule is COc1cccc(N2CC[NH+]([C@H](C)C(=O)N3[C@@H](C)CCC[C@@H]3C)CC2)c1. The summed E-state index contributed by atoms with van der Waals surface area (Å²) >= 11 is 0. The van der Waals surface area contributed by atoms with Gasteiger partial charge in [-0.05, 0) is 52.2 Å². The van der Waals surface area contributed by atoms with Crippen LogP contribution in [0.2, 0.25) is 0 Å². The van der Waals surface area contributed by atoms with E-state index in [-0.39, 0.29) is 6.04 Å². The Hall–Kier alpha value is -1.75. The number of carbonyl (C=O) groups is 1. The lowest BCUT2D eigenvalue weighted by Crippen LogP contribution is -3.19. The highest BCUT2D eigenvalue weighted by molar-refractivity contribution is 5.80. The number of hydrogen-bond acceptors (Lipinski definition) is 3. The van der Waals surface area contributed by atoms with Crippen molar-refractivity contribution in [1.82, 2.24) is 4.90 Å². The first-order valence-corrected chi connectivity index (χ1v) is 10.1. The topological polar surface area (TPSA) is 37.2 Å². The van der Waals surface area contributed by atoms with Gasteiger partial charge in [-0.15, -0.1) is 0 Å². The largest absolute Gasteiger partial charge is 0.497 e. The van der Waals surface area contributed by atoms with Gasteiger partial charge in [-0.3, -0.25) is 4.79 Å². The predicted octanol–water partition coefficient (Wildman–Crippen LogP) is 1.58. The average molecular weight is 361 g/mol. The first kappa shape index (κ1) is 19.0. The van der Waals surface area contributed by atoms with Gasteiger partial charge in [-0.25, -0.2) is 0 Å². The second-order valence-corrected chi connectivity index (χ2v) is 7.94. The van der Waals surface area contributed by atoms with Crippen LogP contribution < -0.4 is 14.5 Å². The fourth-order valence-electron chi connectivity index (χ4n) is 4.55. The molecule has 144 valence electrons. The third-order valence-corrected chi connectivity index (χ3v) is 6.25. The molecule has 1 aromatic carbocycles. The number of amides is 1. The third-order valence-electron chi connectivity index (χ3n) is 6.25. The number of piperazine rings is 1. The maximum atomic E-state index is 13.1. The quantitative estimate of drug-likeness (QED) is 0.886. The van der Waals surface area contributed by atoms with Gasteiger partial charge < -0.3 is 19.4 Å². The number of hydrogen-bond donors (Lipinski definition) is 1. The Morgan fingerprint density at radius 1 is 1.19 bits per heavy atom. The first-order chi connectivity index (χ1) is 12.5. The molecule has 1 N–H and O–H groups in total. The number of rotatable bonds is 4. The summed E-state index contributed by atoms with van der Waals surface area (Å²) in [6.45, 7) is 10.5. The van der Waals surface area contributed by atoms with Crippen molar-refractivity contribution in [3.8, 4) is 5.75 Å². The van der Waals surface area contributed by atoms with Crippen LogP contribution in [0.5, 0.6) is 5.75 Å². The van der Waals surface area contributed by atoms with Crippen molar-refractivity contribution in [2.45, 2.75) is 58.2 Å². The number of ether oxygens (including phenoxy) is 1. The summed E-state index contributed by atoms with van der Waals surface area (Å²) in [5, 5.41) is 0. The number of carbonyl (C=O) groups excluding carboxylic acids is 1. The van der Waals surface area contributed by atoms with E-state index in [0.717, 1.165) is 44.8 Å². The van der Waals surface area contributed by atoms with Gasteiger partial charge in [0.1, 0.15) is 5.75 Å². The molecule has 2 heterocycles. The molecule has 0 aromatic heterocycles. The summed E-state index contributed by atoms with van der Waals surface area (Å²) in [4.78, 5) is 19.1. The molecule has 0 bridgehead atoms. The van der Waals surface area contributed by atoms with Crippen molar-refractivity contribution in [3.05, 3.63) is 24.3 Å². The van der Waals surface area contributed by atoms with Crippen molar-refractivity contribution in [1.29, 1.82) is 0 Å². The van der Waals surface area contributed by atoms with Crippen molar-refractivity contribution >= 4 is 11.6 Å². The zero-order valence-electron chi connectivity index (χ0n) is 16.7. The van der Waals surface area contributed by atoms with Crippen molar-refractivity contribution in [3.63, 3.8) is 0 Å². The maximum absolute atomic E-state index is 13.1. The Morgan fingerprint density at radius 3 is 2.46 bits per heavy atom. The molecule has 1 amide bonds. The van der Waals surface area contributed by atoms with Gasteiger partial charge in [0.15, 0.2) is 6.04 Å². The number of anilines is 1. The summed E-state index contributed by atoms with van der Waals surface area (Å²) in [5.74, 6) is 1.24. The Morgan fingerprint density at radius 2 is 1.85 bits per heavy atom. The number of methoxy groups -OCH3 is 1. The van der Waals surface area contributed by atoms with Crippen LogP contribution in [-0.2, 0) is 4.79 Å². The lowest BCUT2D eigenvalue weighted by atomic mass is 9.96. The molecular weight excluding hydrogens is 326 g/mol. The normalized spacial score (nSPS) is 25.8. The van der Waals surface area contributed by atoms with E-state index in [2.05, 4.69) is 42.7 Å². The third kappa shape index (κ3) is 3.98. The van der Waals surface area contributed by atoms with Crippen LogP contribution in [-0.4, -0.2) is 62.2 Å². The van der Waals surface area contributed by atoms with E-state index in [1.807, 2.05) is 12.1 Å². The molecule has 0 aliphatic carbocycles. The number of benzene rings is 1. The van der Waals surface area contributed by atoms with E-state index < -0.39 is 0 Å². The van der Waals surface area contributed by atoms with Gasteiger partial charge in [-0.2, -0.15) is 0 Å². The maximum Gasteiger partial charge on any atom is 0.281 e. The molecular formula is C21H34N3O2+. The number of quaternary nitrogens is 1. The fraction of sp³-hybridized carbons (Fsp3) is 0.667. The molecule has 26 heavy (non-hydrogen) atoms. The number of nitrogens with one attached hydrogen (secondary N) is 1. The number of piperidine rings is 1. The highest BCUT2D eigenvalue weighted by Crippen LogP contribution is 2.23. The Balaban J connectivity index is 1.59. The minimum atomic E-state index is 0.0467. The Labute approximate surface area is 157 Å². The number of nitrogens with zero attached hydrogens (tertiary/aromatic N) is 2. The monoisotopic (exact) mass is 360 g/mol.